The molecular weight excluding hydrogens is 486 g/mol. The number of benzene rings is 3. The summed E-state index contributed by atoms with van der Waals surface area (Å²) in [4.78, 5) is 29.7. The predicted molar refractivity (Wildman–Crippen MR) is 144 cm³/mol. The van der Waals surface area contributed by atoms with E-state index in [9.17, 15) is 14.7 Å². The zero-order chi connectivity index (χ0) is 25.9. The first-order chi connectivity index (χ1) is 17.9. The third-order valence-electron chi connectivity index (χ3n) is 6.16. The van der Waals surface area contributed by atoms with Crippen LogP contribution in [0.2, 0.25) is 0 Å². The summed E-state index contributed by atoms with van der Waals surface area (Å²) >= 11 is 1.51. The molecule has 4 aromatic rings. The van der Waals surface area contributed by atoms with E-state index in [1.807, 2.05) is 68.4 Å². The van der Waals surface area contributed by atoms with Gasteiger partial charge in [-0.15, -0.1) is 5.10 Å². The minimum absolute atomic E-state index is 0.169. The molecule has 0 saturated carbocycles. The summed E-state index contributed by atoms with van der Waals surface area (Å²) in [5.41, 5.74) is 4.84. The fourth-order valence-corrected chi connectivity index (χ4v) is 5.01. The predicted octanol–water partition coefficient (Wildman–Crippen LogP) is 5.50. The molecule has 5 rings (SSSR count). The summed E-state index contributed by atoms with van der Waals surface area (Å²) in [5.74, 6) is -0.0591. The second-order valence-electron chi connectivity index (χ2n) is 8.70. The number of nitrogens with zero attached hydrogens (tertiary/aromatic N) is 3. The van der Waals surface area contributed by atoms with Crippen molar-refractivity contribution in [1.29, 1.82) is 0 Å². The van der Waals surface area contributed by atoms with E-state index in [1.54, 1.807) is 16.8 Å². The van der Waals surface area contributed by atoms with Crippen molar-refractivity contribution in [2.24, 2.45) is 0 Å². The summed E-state index contributed by atoms with van der Waals surface area (Å²) in [6.07, 6.45) is 0. The number of aromatic carboxylic acids is 1. The molecule has 8 nitrogen and oxygen atoms in total. The van der Waals surface area contributed by atoms with E-state index in [-0.39, 0.29) is 11.5 Å². The Morgan fingerprint density at radius 1 is 1.00 bits per heavy atom. The topological polar surface area (TPSA) is 109 Å². The van der Waals surface area contributed by atoms with E-state index in [0.29, 0.717) is 28.1 Å². The second kappa shape index (κ2) is 10.3. The summed E-state index contributed by atoms with van der Waals surface area (Å²) in [6, 6.07) is 23.6. The monoisotopic (exact) mass is 511 g/mol. The average molecular weight is 512 g/mol. The lowest BCUT2D eigenvalue weighted by Crippen LogP contribution is -2.31. The SMILES string of the molecule is CC1=C(C(=O)Nc2ccccc2C)C(c2ccc(C(=O)O)cc2)n2nc(SCc3ccccc3)nc2N1. The molecule has 1 unspecified atom stereocenters. The van der Waals surface area contributed by atoms with E-state index in [0.717, 1.165) is 22.4 Å². The maximum atomic E-state index is 13.6. The van der Waals surface area contributed by atoms with E-state index < -0.39 is 12.0 Å². The number of aromatic nitrogens is 3. The Morgan fingerprint density at radius 2 is 1.70 bits per heavy atom. The smallest absolute Gasteiger partial charge is 0.335 e. The largest absolute Gasteiger partial charge is 0.478 e. The van der Waals surface area contributed by atoms with Crippen molar-refractivity contribution >= 4 is 35.3 Å². The van der Waals surface area contributed by atoms with Crippen LogP contribution < -0.4 is 10.6 Å². The number of hydrogen-bond donors (Lipinski definition) is 3. The molecule has 37 heavy (non-hydrogen) atoms. The number of carboxylic acids is 1. The van der Waals surface area contributed by atoms with Crippen LogP contribution in [-0.2, 0) is 10.5 Å². The zero-order valence-electron chi connectivity index (χ0n) is 20.3. The average Bonchev–Trinajstić information content (AvgIpc) is 3.31. The molecule has 1 aliphatic rings. The number of carboxylic acid groups (broad SMARTS) is 1. The van der Waals surface area contributed by atoms with Crippen molar-refractivity contribution in [2.75, 3.05) is 10.6 Å². The number of amides is 1. The zero-order valence-corrected chi connectivity index (χ0v) is 21.1. The van der Waals surface area contributed by atoms with Crippen molar-refractivity contribution in [3.8, 4) is 0 Å². The van der Waals surface area contributed by atoms with Crippen LogP contribution in [0.3, 0.4) is 0 Å². The Hall–Kier alpha value is -4.37. The van der Waals surface area contributed by atoms with E-state index in [2.05, 4.69) is 15.6 Å². The maximum Gasteiger partial charge on any atom is 0.335 e. The number of allylic oxidation sites excluding steroid dienone is 1. The van der Waals surface area contributed by atoms with Crippen LogP contribution in [0, 0.1) is 6.92 Å². The third kappa shape index (κ3) is 5.12. The molecular formula is C28H25N5O3S. The highest BCUT2D eigenvalue weighted by Crippen LogP contribution is 2.37. The Kier molecular flexibility index (Phi) is 6.78. The van der Waals surface area contributed by atoms with Crippen LogP contribution in [-0.4, -0.2) is 31.7 Å². The Labute approximate surface area is 218 Å². The number of rotatable bonds is 7. The fraction of sp³-hybridized carbons (Fsp3) is 0.143. The van der Waals surface area contributed by atoms with Crippen molar-refractivity contribution in [3.05, 3.63) is 112 Å². The van der Waals surface area contributed by atoms with Crippen molar-refractivity contribution in [3.63, 3.8) is 0 Å². The van der Waals surface area contributed by atoms with Gasteiger partial charge in [0.25, 0.3) is 5.91 Å². The van der Waals surface area contributed by atoms with Gasteiger partial charge in [-0.3, -0.25) is 4.79 Å². The van der Waals surface area contributed by atoms with Gasteiger partial charge in [-0.2, -0.15) is 4.98 Å². The van der Waals surface area contributed by atoms with E-state index >= 15 is 0 Å². The molecule has 1 amide bonds. The van der Waals surface area contributed by atoms with Gasteiger partial charge in [0.15, 0.2) is 0 Å². The van der Waals surface area contributed by atoms with Gasteiger partial charge in [0.1, 0.15) is 6.04 Å². The molecule has 0 spiro atoms. The quantitative estimate of drug-likeness (QED) is 0.281. The maximum absolute atomic E-state index is 13.6. The Balaban J connectivity index is 1.52. The molecule has 0 radical (unpaired) electrons. The molecule has 2 heterocycles. The minimum atomic E-state index is -1.01. The van der Waals surface area contributed by atoms with Gasteiger partial charge in [-0.05, 0) is 48.7 Å². The minimum Gasteiger partial charge on any atom is -0.478 e. The number of thioether (sulfide) groups is 1. The van der Waals surface area contributed by atoms with Gasteiger partial charge in [0.2, 0.25) is 11.1 Å². The van der Waals surface area contributed by atoms with Crippen LogP contribution in [0.15, 0.2) is 95.3 Å². The fourth-order valence-electron chi connectivity index (χ4n) is 4.23. The molecule has 0 fully saturated rings. The summed E-state index contributed by atoms with van der Waals surface area (Å²) in [6.45, 7) is 3.77. The van der Waals surface area contributed by atoms with Gasteiger partial charge in [-0.1, -0.05) is 72.4 Å². The van der Waals surface area contributed by atoms with Gasteiger partial charge < -0.3 is 15.7 Å². The molecule has 1 atom stereocenters. The van der Waals surface area contributed by atoms with Crippen molar-refractivity contribution in [2.45, 2.75) is 30.8 Å². The molecule has 0 aliphatic carbocycles. The van der Waals surface area contributed by atoms with Gasteiger partial charge >= 0.3 is 5.97 Å². The van der Waals surface area contributed by atoms with E-state index in [1.165, 1.54) is 23.9 Å². The first-order valence-corrected chi connectivity index (χ1v) is 12.7. The third-order valence-corrected chi connectivity index (χ3v) is 7.06. The van der Waals surface area contributed by atoms with Crippen LogP contribution in [0.25, 0.3) is 0 Å². The van der Waals surface area contributed by atoms with Crippen LogP contribution in [0.1, 0.15) is 40.0 Å². The molecule has 3 N–H and O–H groups in total. The number of fused-ring (bicyclic) bond motifs is 1. The Bertz CT molecular complexity index is 1500. The second-order valence-corrected chi connectivity index (χ2v) is 9.64. The first-order valence-electron chi connectivity index (χ1n) is 11.7. The summed E-state index contributed by atoms with van der Waals surface area (Å²) in [7, 11) is 0. The van der Waals surface area contributed by atoms with Crippen LogP contribution in [0.4, 0.5) is 11.6 Å². The highest BCUT2D eigenvalue weighted by Gasteiger charge is 2.34. The standard InChI is InChI=1S/C28H25N5O3S/c1-17-8-6-7-11-22(17)30-25(34)23-18(2)29-27-31-28(37-16-19-9-4-3-5-10-19)32-33(27)24(23)20-12-14-21(15-13-20)26(35)36/h3-15,24H,16H2,1-2H3,(H,30,34)(H,35,36)(H,29,31,32). The Morgan fingerprint density at radius 3 is 2.41 bits per heavy atom. The molecule has 9 heteroatoms. The number of carbonyl (C=O) groups is 2. The van der Waals surface area contributed by atoms with Gasteiger partial charge in [0, 0.05) is 17.1 Å². The number of nitrogens with one attached hydrogen (secondary N) is 2. The molecule has 1 aliphatic heterocycles. The first kappa shape index (κ1) is 24.3. The van der Waals surface area contributed by atoms with Crippen molar-refractivity contribution < 1.29 is 14.7 Å². The lowest BCUT2D eigenvalue weighted by atomic mass is 9.94. The normalized spacial score (nSPS) is 14.6. The number of anilines is 2. The lowest BCUT2D eigenvalue weighted by Gasteiger charge is -2.29. The summed E-state index contributed by atoms with van der Waals surface area (Å²) in [5, 5.41) is 20.9. The van der Waals surface area contributed by atoms with E-state index in [4.69, 9.17) is 5.10 Å². The number of carbonyl (C=O) groups excluding carboxylic acids is 1. The highest BCUT2D eigenvalue weighted by molar-refractivity contribution is 7.98. The molecule has 3 aromatic carbocycles. The number of hydrogen-bond acceptors (Lipinski definition) is 6. The van der Waals surface area contributed by atoms with Crippen molar-refractivity contribution in [1.82, 2.24) is 14.8 Å². The number of para-hydroxylation sites is 1. The van der Waals surface area contributed by atoms with Gasteiger partial charge in [0.05, 0.1) is 11.1 Å². The molecule has 186 valence electrons. The van der Waals surface area contributed by atoms with Crippen LogP contribution in [0.5, 0.6) is 0 Å². The highest BCUT2D eigenvalue weighted by atomic mass is 32.2. The lowest BCUT2D eigenvalue weighted by molar-refractivity contribution is -0.113. The number of aryl methyl sites for hydroxylation is 1. The van der Waals surface area contributed by atoms with Crippen LogP contribution >= 0.6 is 11.8 Å². The molecule has 1 aromatic heterocycles. The molecule has 0 bridgehead atoms. The summed E-state index contributed by atoms with van der Waals surface area (Å²) < 4.78 is 1.70. The van der Waals surface area contributed by atoms with Gasteiger partial charge in [-0.25, -0.2) is 9.48 Å². The molecule has 0 saturated heterocycles.